The number of carbonyl (C=O) groups excluding carboxylic acids is 1. The lowest BCUT2D eigenvalue weighted by Crippen LogP contribution is -2.49. The topological polar surface area (TPSA) is 58.6 Å². The summed E-state index contributed by atoms with van der Waals surface area (Å²) in [5, 5.41) is 12.7. The standard InChI is InChI=1S/C18H25NO3/c1-11-7-13-9-15(22-14(13)8-12(11)2)17(21)19-16-5-4-6-18(16,3)10-20/h7-8,15-16,20H,4-6,9-10H2,1-3H3,(H,19,21). The number of hydrogen-bond acceptors (Lipinski definition) is 3. The van der Waals surface area contributed by atoms with E-state index in [0.717, 1.165) is 30.6 Å². The zero-order chi connectivity index (χ0) is 15.9. The van der Waals surface area contributed by atoms with Gasteiger partial charge in [0.15, 0.2) is 6.10 Å². The highest BCUT2D eigenvalue weighted by Crippen LogP contribution is 2.38. The van der Waals surface area contributed by atoms with E-state index < -0.39 is 6.10 Å². The number of benzene rings is 1. The predicted molar refractivity (Wildman–Crippen MR) is 85.0 cm³/mol. The number of aliphatic hydroxyl groups excluding tert-OH is 1. The van der Waals surface area contributed by atoms with Gasteiger partial charge in [-0.05, 0) is 49.4 Å². The molecule has 1 fully saturated rings. The Morgan fingerprint density at radius 2 is 2.14 bits per heavy atom. The van der Waals surface area contributed by atoms with Gasteiger partial charge in [0.25, 0.3) is 5.91 Å². The van der Waals surface area contributed by atoms with Crippen LogP contribution in [0.5, 0.6) is 5.75 Å². The first kappa shape index (κ1) is 15.3. The summed E-state index contributed by atoms with van der Waals surface area (Å²) in [6.07, 6.45) is 3.12. The van der Waals surface area contributed by atoms with Gasteiger partial charge in [0.2, 0.25) is 0 Å². The maximum absolute atomic E-state index is 12.5. The van der Waals surface area contributed by atoms with E-state index in [2.05, 4.69) is 25.2 Å². The molecular weight excluding hydrogens is 278 g/mol. The maximum atomic E-state index is 12.5. The number of ether oxygens (including phenoxy) is 1. The summed E-state index contributed by atoms with van der Waals surface area (Å²) in [6, 6.07) is 4.18. The lowest BCUT2D eigenvalue weighted by Gasteiger charge is -2.30. The van der Waals surface area contributed by atoms with E-state index in [1.807, 2.05) is 13.0 Å². The number of rotatable bonds is 3. The van der Waals surface area contributed by atoms with E-state index in [4.69, 9.17) is 4.74 Å². The Hall–Kier alpha value is -1.55. The van der Waals surface area contributed by atoms with Gasteiger partial charge in [-0.2, -0.15) is 0 Å². The van der Waals surface area contributed by atoms with E-state index in [1.54, 1.807) is 0 Å². The van der Waals surface area contributed by atoms with Gasteiger partial charge in [0.1, 0.15) is 5.75 Å². The first-order valence-electron chi connectivity index (χ1n) is 8.11. The molecule has 0 aromatic heterocycles. The Labute approximate surface area is 131 Å². The minimum atomic E-state index is -0.445. The van der Waals surface area contributed by atoms with Crippen LogP contribution in [-0.2, 0) is 11.2 Å². The summed E-state index contributed by atoms with van der Waals surface area (Å²) < 4.78 is 5.84. The number of amides is 1. The van der Waals surface area contributed by atoms with E-state index in [1.165, 1.54) is 11.1 Å². The first-order valence-corrected chi connectivity index (χ1v) is 8.11. The molecule has 120 valence electrons. The number of aliphatic hydroxyl groups is 1. The van der Waals surface area contributed by atoms with Crippen LogP contribution in [0, 0.1) is 19.3 Å². The van der Waals surface area contributed by atoms with Crippen LogP contribution < -0.4 is 10.1 Å². The number of fused-ring (bicyclic) bond motifs is 1. The average molecular weight is 303 g/mol. The minimum absolute atomic E-state index is 0.0424. The van der Waals surface area contributed by atoms with Crippen LogP contribution >= 0.6 is 0 Å². The van der Waals surface area contributed by atoms with Crippen LogP contribution in [0.25, 0.3) is 0 Å². The number of carbonyl (C=O) groups is 1. The molecule has 1 aromatic carbocycles. The Bertz CT molecular complexity index is 567. The lowest BCUT2D eigenvalue weighted by molar-refractivity contribution is -0.128. The average Bonchev–Trinajstić information content (AvgIpc) is 3.04. The lowest BCUT2D eigenvalue weighted by atomic mass is 9.85. The molecular formula is C18H25NO3. The van der Waals surface area contributed by atoms with Crippen LogP contribution in [0.1, 0.15) is 42.9 Å². The predicted octanol–water partition coefficient (Wildman–Crippen LogP) is 2.27. The SMILES string of the molecule is Cc1cc2c(cc1C)OC(C(=O)NC1CCCC1(C)CO)C2. The molecule has 1 amide bonds. The van der Waals surface area contributed by atoms with Crippen molar-refractivity contribution in [1.82, 2.24) is 5.32 Å². The summed E-state index contributed by atoms with van der Waals surface area (Å²) in [4.78, 5) is 12.5. The molecule has 4 heteroatoms. The van der Waals surface area contributed by atoms with Gasteiger partial charge in [-0.25, -0.2) is 0 Å². The van der Waals surface area contributed by atoms with E-state index in [0.29, 0.717) is 6.42 Å². The molecule has 0 spiro atoms. The highest BCUT2D eigenvalue weighted by molar-refractivity contribution is 5.83. The third-order valence-corrected chi connectivity index (χ3v) is 5.40. The van der Waals surface area contributed by atoms with Crippen molar-refractivity contribution < 1.29 is 14.6 Å². The normalized spacial score (nSPS) is 30.0. The van der Waals surface area contributed by atoms with Crippen LogP contribution in [0.4, 0.5) is 0 Å². The van der Waals surface area contributed by atoms with E-state index in [9.17, 15) is 9.90 Å². The zero-order valence-corrected chi connectivity index (χ0v) is 13.6. The molecule has 3 rings (SSSR count). The molecule has 1 aliphatic heterocycles. The second-order valence-corrected chi connectivity index (χ2v) is 7.12. The number of aryl methyl sites for hydroxylation is 2. The summed E-state index contributed by atoms with van der Waals surface area (Å²) in [7, 11) is 0. The van der Waals surface area contributed by atoms with Gasteiger partial charge >= 0.3 is 0 Å². The highest BCUT2D eigenvalue weighted by atomic mass is 16.5. The van der Waals surface area contributed by atoms with Crippen LogP contribution in [0.2, 0.25) is 0 Å². The van der Waals surface area contributed by atoms with Crippen LogP contribution in [0.3, 0.4) is 0 Å². The molecule has 0 saturated heterocycles. The van der Waals surface area contributed by atoms with Crippen molar-refractivity contribution in [3.8, 4) is 5.75 Å². The number of nitrogens with one attached hydrogen (secondary N) is 1. The van der Waals surface area contributed by atoms with Crippen molar-refractivity contribution in [3.63, 3.8) is 0 Å². The Kier molecular flexibility index (Phi) is 3.89. The molecule has 1 heterocycles. The van der Waals surface area contributed by atoms with Crippen molar-refractivity contribution in [2.75, 3.05) is 6.61 Å². The van der Waals surface area contributed by atoms with Gasteiger partial charge in [0.05, 0.1) is 6.61 Å². The highest BCUT2D eigenvalue weighted by Gasteiger charge is 2.41. The third kappa shape index (κ3) is 2.60. The quantitative estimate of drug-likeness (QED) is 0.900. The molecule has 0 radical (unpaired) electrons. The van der Waals surface area contributed by atoms with Gasteiger partial charge < -0.3 is 15.2 Å². The van der Waals surface area contributed by atoms with Crippen molar-refractivity contribution >= 4 is 5.91 Å². The van der Waals surface area contributed by atoms with Gasteiger partial charge in [-0.3, -0.25) is 4.79 Å². The maximum Gasteiger partial charge on any atom is 0.261 e. The molecule has 1 saturated carbocycles. The minimum Gasteiger partial charge on any atom is -0.480 e. The van der Waals surface area contributed by atoms with Gasteiger partial charge in [0, 0.05) is 17.9 Å². The van der Waals surface area contributed by atoms with Crippen molar-refractivity contribution in [3.05, 3.63) is 28.8 Å². The second-order valence-electron chi connectivity index (χ2n) is 7.12. The van der Waals surface area contributed by atoms with Crippen molar-refractivity contribution in [2.45, 2.75) is 58.6 Å². The van der Waals surface area contributed by atoms with E-state index >= 15 is 0 Å². The van der Waals surface area contributed by atoms with Crippen LogP contribution in [0.15, 0.2) is 12.1 Å². The van der Waals surface area contributed by atoms with Gasteiger partial charge in [-0.15, -0.1) is 0 Å². The first-order chi connectivity index (χ1) is 10.4. The van der Waals surface area contributed by atoms with Crippen LogP contribution in [-0.4, -0.2) is 29.8 Å². The Morgan fingerprint density at radius 3 is 2.86 bits per heavy atom. The Balaban J connectivity index is 1.68. The molecule has 22 heavy (non-hydrogen) atoms. The van der Waals surface area contributed by atoms with E-state index in [-0.39, 0.29) is 24.0 Å². The fraction of sp³-hybridized carbons (Fsp3) is 0.611. The molecule has 0 bridgehead atoms. The fourth-order valence-electron chi connectivity index (χ4n) is 3.59. The third-order valence-electron chi connectivity index (χ3n) is 5.40. The molecule has 1 aliphatic carbocycles. The largest absolute Gasteiger partial charge is 0.480 e. The van der Waals surface area contributed by atoms with Crippen molar-refractivity contribution in [1.29, 1.82) is 0 Å². The van der Waals surface area contributed by atoms with Gasteiger partial charge in [-0.1, -0.05) is 19.4 Å². The fourth-order valence-corrected chi connectivity index (χ4v) is 3.59. The van der Waals surface area contributed by atoms with Crippen molar-refractivity contribution in [2.24, 2.45) is 5.41 Å². The molecule has 2 aliphatic rings. The Morgan fingerprint density at radius 1 is 1.41 bits per heavy atom. The second kappa shape index (κ2) is 5.58. The smallest absolute Gasteiger partial charge is 0.261 e. The summed E-state index contributed by atoms with van der Waals surface area (Å²) >= 11 is 0. The summed E-state index contributed by atoms with van der Waals surface area (Å²) in [6.45, 7) is 6.29. The summed E-state index contributed by atoms with van der Waals surface area (Å²) in [5.41, 5.74) is 3.32. The molecule has 3 unspecified atom stereocenters. The molecule has 3 atom stereocenters. The monoisotopic (exact) mass is 303 g/mol. The summed E-state index contributed by atoms with van der Waals surface area (Å²) in [5.74, 6) is 0.776. The molecule has 1 aromatic rings. The zero-order valence-electron chi connectivity index (χ0n) is 13.6. The number of hydrogen-bond donors (Lipinski definition) is 2. The molecule has 2 N–H and O–H groups in total. The molecule has 4 nitrogen and oxygen atoms in total.